The number of imidazole rings is 1. The Morgan fingerprint density at radius 3 is 2.50 bits per heavy atom. The molecule has 0 aliphatic carbocycles. The Morgan fingerprint density at radius 1 is 1.25 bits per heavy atom. The number of H-pyrrole nitrogens is 1. The van der Waals surface area contributed by atoms with E-state index in [1.54, 1.807) is 6.92 Å². The Hall–Kier alpha value is -1.66. The summed E-state index contributed by atoms with van der Waals surface area (Å²) in [5, 5.41) is 0.144. The summed E-state index contributed by atoms with van der Waals surface area (Å²) in [5.41, 5.74) is 2.09. The van der Waals surface area contributed by atoms with E-state index in [4.69, 9.17) is 0 Å². The van der Waals surface area contributed by atoms with Crippen molar-refractivity contribution < 1.29 is 8.42 Å². The zero-order chi connectivity index (χ0) is 14.8. The van der Waals surface area contributed by atoms with Gasteiger partial charge in [0.2, 0.25) is 0 Å². The monoisotopic (exact) mass is 293 g/mol. The summed E-state index contributed by atoms with van der Waals surface area (Å²) in [6.07, 6.45) is 1.37. The highest BCUT2D eigenvalue weighted by molar-refractivity contribution is 7.89. The molecule has 0 spiro atoms. The second-order valence-corrected chi connectivity index (χ2v) is 6.60. The van der Waals surface area contributed by atoms with Crippen LogP contribution in [0.3, 0.4) is 0 Å². The molecule has 1 aromatic heterocycles. The quantitative estimate of drug-likeness (QED) is 0.919. The first-order valence-electron chi connectivity index (χ1n) is 6.51. The van der Waals surface area contributed by atoms with Gasteiger partial charge in [0.25, 0.3) is 10.0 Å². The molecule has 0 saturated carbocycles. The predicted octanol–water partition coefficient (Wildman–Crippen LogP) is 2.24. The van der Waals surface area contributed by atoms with Crippen molar-refractivity contribution in [3.63, 3.8) is 0 Å². The lowest BCUT2D eigenvalue weighted by Gasteiger charge is -2.20. The van der Waals surface area contributed by atoms with E-state index in [9.17, 15) is 8.42 Å². The van der Waals surface area contributed by atoms with Crippen LogP contribution in [0.5, 0.6) is 0 Å². The summed E-state index contributed by atoms with van der Waals surface area (Å²) in [6.45, 7) is 6.32. The Balaban J connectivity index is 2.31. The molecule has 0 amide bonds. The van der Waals surface area contributed by atoms with Crippen molar-refractivity contribution in [1.29, 1.82) is 0 Å². The van der Waals surface area contributed by atoms with E-state index in [2.05, 4.69) is 9.97 Å². The molecule has 2 aromatic rings. The van der Waals surface area contributed by atoms with Crippen LogP contribution in [0.4, 0.5) is 0 Å². The number of nitrogens with zero attached hydrogens (tertiary/aromatic N) is 2. The molecule has 1 N–H and O–H groups in total. The fourth-order valence-electron chi connectivity index (χ4n) is 2.01. The van der Waals surface area contributed by atoms with Crippen molar-refractivity contribution >= 4 is 10.0 Å². The highest BCUT2D eigenvalue weighted by Gasteiger charge is 2.25. The second-order valence-electron chi connectivity index (χ2n) is 4.69. The van der Waals surface area contributed by atoms with Gasteiger partial charge in [-0.3, -0.25) is 0 Å². The first kappa shape index (κ1) is 14.7. The average molecular weight is 293 g/mol. The number of sulfonamides is 1. The summed E-state index contributed by atoms with van der Waals surface area (Å²) in [5.74, 6) is 0.593. The van der Waals surface area contributed by atoms with Gasteiger partial charge in [-0.2, -0.15) is 4.31 Å². The highest BCUT2D eigenvalue weighted by Crippen LogP contribution is 2.18. The number of hydrogen-bond donors (Lipinski definition) is 1. The van der Waals surface area contributed by atoms with Crippen LogP contribution < -0.4 is 0 Å². The number of benzene rings is 1. The maximum absolute atomic E-state index is 12.5. The van der Waals surface area contributed by atoms with Gasteiger partial charge in [0.1, 0.15) is 5.82 Å². The minimum atomic E-state index is -3.53. The summed E-state index contributed by atoms with van der Waals surface area (Å²) >= 11 is 0. The van der Waals surface area contributed by atoms with Crippen molar-refractivity contribution in [3.8, 4) is 0 Å². The van der Waals surface area contributed by atoms with Crippen LogP contribution in [0.15, 0.2) is 35.5 Å². The highest BCUT2D eigenvalue weighted by atomic mass is 32.2. The average Bonchev–Trinajstić information content (AvgIpc) is 2.85. The molecule has 0 saturated heterocycles. The van der Waals surface area contributed by atoms with E-state index in [0.29, 0.717) is 18.9 Å². The first-order valence-corrected chi connectivity index (χ1v) is 7.95. The third kappa shape index (κ3) is 2.91. The van der Waals surface area contributed by atoms with Crippen molar-refractivity contribution in [2.24, 2.45) is 0 Å². The molecule has 0 unspecified atom stereocenters. The van der Waals surface area contributed by atoms with E-state index in [-0.39, 0.29) is 5.03 Å². The minimum absolute atomic E-state index is 0.144. The van der Waals surface area contributed by atoms with Gasteiger partial charge in [-0.15, -0.1) is 0 Å². The maximum atomic E-state index is 12.5. The summed E-state index contributed by atoms with van der Waals surface area (Å²) in [4.78, 5) is 6.75. The molecule has 20 heavy (non-hydrogen) atoms. The molecule has 6 heteroatoms. The van der Waals surface area contributed by atoms with Gasteiger partial charge >= 0.3 is 0 Å². The predicted molar refractivity (Wildman–Crippen MR) is 77.8 cm³/mol. The first-order chi connectivity index (χ1) is 9.45. The molecule has 1 aromatic carbocycles. The molecule has 0 bridgehead atoms. The molecule has 1 heterocycles. The van der Waals surface area contributed by atoms with Gasteiger partial charge < -0.3 is 4.98 Å². The van der Waals surface area contributed by atoms with E-state index in [1.165, 1.54) is 10.5 Å². The number of rotatable bonds is 5. The lowest BCUT2D eigenvalue weighted by atomic mass is 10.1. The van der Waals surface area contributed by atoms with Crippen LogP contribution in [0.25, 0.3) is 0 Å². The molecule has 108 valence electrons. The van der Waals surface area contributed by atoms with Crippen molar-refractivity contribution in [1.82, 2.24) is 14.3 Å². The minimum Gasteiger partial charge on any atom is -0.332 e. The molecular weight excluding hydrogens is 274 g/mol. The fraction of sp³-hybridized carbons (Fsp3) is 0.357. The Labute approximate surface area is 119 Å². The van der Waals surface area contributed by atoms with Crippen LogP contribution in [0.1, 0.15) is 23.9 Å². The molecule has 2 rings (SSSR count). The molecule has 0 fully saturated rings. The zero-order valence-electron chi connectivity index (χ0n) is 11.9. The topological polar surface area (TPSA) is 66.1 Å². The van der Waals surface area contributed by atoms with E-state index < -0.39 is 10.0 Å². The molecule has 0 aliphatic rings. The lowest BCUT2D eigenvalue weighted by Crippen LogP contribution is -2.31. The SMILES string of the molecule is CCN(Cc1ccccc1C)S(=O)(=O)c1cnc(C)[nH]1. The van der Waals surface area contributed by atoms with Crippen LogP contribution in [0.2, 0.25) is 0 Å². The van der Waals surface area contributed by atoms with Crippen LogP contribution in [0, 0.1) is 13.8 Å². The molecular formula is C14H19N3O2S. The van der Waals surface area contributed by atoms with Gasteiger partial charge in [-0.1, -0.05) is 31.2 Å². The number of aryl methyl sites for hydroxylation is 2. The van der Waals surface area contributed by atoms with E-state index in [1.807, 2.05) is 38.1 Å². The van der Waals surface area contributed by atoms with Gasteiger partial charge in [0, 0.05) is 13.1 Å². The fourth-order valence-corrected chi connectivity index (χ4v) is 3.40. The number of nitrogens with one attached hydrogen (secondary N) is 1. The van der Waals surface area contributed by atoms with Crippen molar-refractivity contribution in [2.75, 3.05) is 6.54 Å². The number of hydrogen-bond acceptors (Lipinski definition) is 3. The summed E-state index contributed by atoms with van der Waals surface area (Å²) in [7, 11) is -3.53. The van der Waals surface area contributed by atoms with E-state index >= 15 is 0 Å². The van der Waals surface area contributed by atoms with Gasteiger partial charge in [0.15, 0.2) is 5.03 Å². The third-order valence-electron chi connectivity index (χ3n) is 3.26. The molecule has 5 nitrogen and oxygen atoms in total. The molecule has 0 aliphatic heterocycles. The van der Waals surface area contributed by atoms with Gasteiger partial charge in [0.05, 0.1) is 6.20 Å². The van der Waals surface area contributed by atoms with Gasteiger partial charge in [-0.05, 0) is 25.0 Å². The molecule has 0 radical (unpaired) electrons. The van der Waals surface area contributed by atoms with Crippen LogP contribution >= 0.6 is 0 Å². The van der Waals surface area contributed by atoms with Crippen molar-refractivity contribution in [3.05, 3.63) is 47.4 Å². The summed E-state index contributed by atoms with van der Waals surface area (Å²) in [6, 6.07) is 7.80. The Bertz CT molecular complexity index is 692. The second kappa shape index (κ2) is 5.76. The van der Waals surface area contributed by atoms with E-state index in [0.717, 1.165) is 11.1 Å². The lowest BCUT2D eigenvalue weighted by molar-refractivity contribution is 0.421. The van der Waals surface area contributed by atoms with Gasteiger partial charge in [-0.25, -0.2) is 13.4 Å². The summed E-state index contributed by atoms with van der Waals surface area (Å²) < 4.78 is 26.5. The Morgan fingerprint density at radius 2 is 1.95 bits per heavy atom. The normalized spacial score (nSPS) is 12.0. The molecule has 0 atom stereocenters. The zero-order valence-corrected chi connectivity index (χ0v) is 12.7. The maximum Gasteiger partial charge on any atom is 0.260 e. The largest absolute Gasteiger partial charge is 0.332 e. The number of aromatic nitrogens is 2. The number of aromatic amines is 1. The van der Waals surface area contributed by atoms with Crippen LogP contribution in [-0.4, -0.2) is 29.2 Å². The van der Waals surface area contributed by atoms with Crippen molar-refractivity contribution in [2.45, 2.75) is 32.3 Å². The van der Waals surface area contributed by atoms with Crippen LogP contribution in [-0.2, 0) is 16.6 Å². The standard InChI is InChI=1S/C14H19N3O2S/c1-4-17(10-13-8-6-5-7-11(13)2)20(18,19)14-9-15-12(3)16-14/h5-9H,4,10H2,1-3H3,(H,15,16). The smallest absolute Gasteiger partial charge is 0.260 e. The Kier molecular flexibility index (Phi) is 4.25. The third-order valence-corrected chi connectivity index (χ3v) is 5.09.